The van der Waals surface area contributed by atoms with Crippen LogP contribution in [0.15, 0.2) is 24.3 Å². The lowest BCUT2D eigenvalue weighted by atomic mass is 9.99. The second-order valence-electron chi connectivity index (χ2n) is 6.79. The zero-order chi connectivity index (χ0) is 17.1. The molecule has 3 rings (SSSR count). The number of aromatic nitrogens is 1. The third-order valence-electron chi connectivity index (χ3n) is 5.07. The first-order valence-corrected chi connectivity index (χ1v) is 8.77. The number of amides is 1. The molecule has 0 radical (unpaired) electrons. The molecule has 2 aromatic rings. The number of rotatable bonds is 5. The van der Waals surface area contributed by atoms with Crippen molar-refractivity contribution in [2.45, 2.75) is 45.2 Å². The van der Waals surface area contributed by atoms with Gasteiger partial charge in [0.05, 0.1) is 0 Å². The quantitative estimate of drug-likeness (QED) is 0.913. The minimum Gasteiger partial charge on any atom is -0.356 e. The van der Waals surface area contributed by atoms with Gasteiger partial charge in [-0.2, -0.15) is 0 Å². The van der Waals surface area contributed by atoms with Gasteiger partial charge in [-0.05, 0) is 50.1 Å². The van der Waals surface area contributed by atoms with Gasteiger partial charge in [0, 0.05) is 49.7 Å². The van der Waals surface area contributed by atoms with Crippen molar-refractivity contribution < 1.29 is 9.18 Å². The molecule has 0 bridgehead atoms. The van der Waals surface area contributed by atoms with Gasteiger partial charge in [0.1, 0.15) is 5.82 Å². The minimum absolute atomic E-state index is 0.0353. The number of carbonyl (C=O) groups is 1. The third kappa shape index (κ3) is 3.78. The van der Waals surface area contributed by atoms with Crippen LogP contribution in [0.1, 0.15) is 38.3 Å². The molecule has 1 aromatic carbocycles. The highest BCUT2D eigenvalue weighted by Gasteiger charge is 2.23. The van der Waals surface area contributed by atoms with E-state index < -0.39 is 0 Å². The van der Waals surface area contributed by atoms with E-state index in [1.807, 2.05) is 13.1 Å². The number of carbonyl (C=O) groups excluding carboxylic acids is 1. The van der Waals surface area contributed by atoms with E-state index in [1.165, 1.54) is 31.0 Å². The molecule has 1 aromatic heterocycles. The minimum atomic E-state index is -0.189. The first kappa shape index (κ1) is 17.0. The van der Waals surface area contributed by atoms with Crippen molar-refractivity contribution in [1.82, 2.24) is 14.8 Å². The third-order valence-corrected chi connectivity index (χ3v) is 5.07. The van der Waals surface area contributed by atoms with Gasteiger partial charge in [0.2, 0.25) is 5.91 Å². The number of hydrogen-bond acceptors (Lipinski definition) is 2. The Balaban J connectivity index is 1.72. The van der Waals surface area contributed by atoms with Crippen molar-refractivity contribution >= 4 is 16.8 Å². The zero-order valence-electron chi connectivity index (χ0n) is 14.5. The largest absolute Gasteiger partial charge is 0.356 e. The van der Waals surface area contributed by atoms with Crippen LogP contribution in [-0.2, 0) is 18.4 Å². The second-order valence-corrected chi connectivity index (χ2v) is 6.79. The van der Waals surface area contributed by atoms with Crippen LogP contribution in [0.3, 0.4) is 0 Å². The monoisotopic (exact) mass is 331 g/mol. The fraction of sp³-hybridized carbons (Fsp3) is 0.526. The van der Waals surface area contributed by atoms with Gasteiger partial charge in [-0.1, -0.05) is 6.42 Å². The molecular formula is C19H26FN3O. The summed E-state index contributed by atoms with van der Waals surface area (Å²) in [5.74, 6) is -0.154. The van der Waals surface area contributed by atoms with E-state index in [2.05, 4.69) is 20.9 Å². The van der Waals surface area contributed by atoms with E-state index in [0.29, 0.717) is 6.04 Å². The predicted molar refractivity (Wildman–Crippen MR) is 94.2 cm³/mol. The van der Waals surface area contributed by atoms with Crippen molar-refractivity contribution in [1.29, 1.82) is 0 Å². The molecule has 0 spiro atoms. The van der Waals surface area contributed by atoms with Crippen LogP contribution in [0, 0.1) is 5.82 Å². The lowest BCUT2D eigenvalue weighted by molar-refractivity contribution is -0.119. The number of benzene rings is 1. The Morgan fingerprint density at radius 2 is 2.17 bits per heavy atom. The highest BCUT2D eigenvalue weighted by molar-refractivity contribution is 5.81. The molecule has 24 heavy (non-hydrogen) atoms. The molecule has 0 saturated carbocycles. The molecule has 5 heteroatoms. The fourth-order valence-electron chi connectivity index (χ4n) is 3.75. The van der Waals surface area contributed by atoms with E-state index in [9.17, 15) is 9.18 Å². The molecule has 130 valence electrons. The van der Waals surface area contributed by atoms with Gasteiger partial charge in [0.25, 0.3) is 0 Å². The van der Waals surface area contributed by atoms with Crippen LogP contribution in [0.4, 0.5) is 4.39 Å². The molecule has 1 amide bonds. The molecule has 4 nitrogen and oxygen atoms in total. The Bertz CT molecular complexity index is 725. The molecule has 2 heterocycles. The van der Waals surface area contributed by atoms with Gasteiger partial charge in [-0.15, -0.1) is 0 Å². The summed E-state index contributed by atoms with van der Waals surface area (Å²) in [6, 6.07) is 7.56. The van der Waals surface area contributed by atoms with Crippen LogP contribution in [-0.4, -0.2) is 34.5 Å². The maximum atomic E-state index is 13.4. The Hall–Kier alpha value is -1.88. The van der Waals surface area contributed by atoms with Crippen LogP contribution >= 0.6 is 0 Å². The number of likely N-dealkylation sites (tertiary alicyclic amines) is 1. The van der Waals surface area contributed by atoms with E-state index in [4.69, 9.17) is 0 Å². The van der Waals surface area contributed by atoms with Crippen LogP contribution < -0.4 is 5.32 Å². The molecule has 1 atom stereocenters. The Morgan fingerprint density at radius 1 is 1.33 bits per heavy atom. The van der Waals surface area contributed by atoms with Gasteiger partial charge in [0.15, 0.2) is 0 Å². The van der Waals surface area contributed by atoms with E-state index in [1.54, 1.807) is 13.0 Å². The number of nitrogens with zero attached hydrogens (tertiary/aromatic N) is 2. The molecule has 0 aliphatic carbocycles. The molecule has 1 aliphatic rings. The number of hydrogen-bond donors (Lipinski definition) is 1. The second kappa shape index (κ2) is 7.34. The number of piperidine rings is 1. The first-order valence-electron chi connectivity index (χ1n) is 8.77. The average Bonchev–Trinajstić information content (AvgIpc) is 2.84. The molecular weight excluding hydrogens is 305 g/mol. The van der Waals surface area contributed by atoms with Crippen molar-refractivity contribution in [3.63, 3.8) is 0 Å². The summed E-state index contributed by atoms with van der Waals surface area (Å²) < 4.78 is 15.6. The summed E-state index contributed by atoms with van der Waals surface area (Å²) in [5, 5.41) is 3.86. The maximum absolute atomic E-state index is 13.4. The first-order chi connectivity index (χ1) is 11.5. The smallest absolute Gasteiger partial charge is 0.216 e. The number of aryl methyl sites for hydroxylation is 1. The van der Waals surface area contributed by atoms with Crippen molar-refractivity contribution in [2.75, 3.05) is 13.1 Å². The molecule has 1 saturated heterocycles. The maximum Gasteiger partial charge on any atom is 0.216 e. The highest BCUT2D eigenvalue weighted by atomic mass is 19.1. The van der Waals surface area contributed by atoms with Crippen molar-refractivity contribution in [3.8, 4) is 0 Å². The van der Waals surface area contributed by atoms with Crippen LogP contribution in [0.2, 0.25) is 0 Å². The average molecular weight is 331 g/mol. The summed E-state index contributed by atoms with van der Waals surface area (Å²) in [4.78, 5) is 13.6. The lowest BCUT2D eigenvalue weighted by Gasteiger charge is -2.36. The molecule has 1 aliphatic heterocycles. The molecule has 0 unspecified atom stereocenters. The molecule has 1 N–H and O–H groups in total. The normalized spacial score (nSPS) is 18.9. The summed E-state index contributed by atoms with van der Waals surface area (Å²) in [6.07, 6.45) is 4.63. The fourth-order valence-corrected chi connectivity index (χ4v) is 3.75. The summed E-state index contributed by atoms with van der Waals surface area (Å²) >= 11 is 0. The van der Waals surface area contributed by atoms with E-state index in [-0.39, 0.29) is 11.7 Å². The highest BCUT2D eigenvalue weighted by Crippen LogP contribution is 2.25. The van der Waals surface area contributed by atoms with Crippen LogP contribution in [0.5, 0.6) is 0 Å². The topological polar surface area (TPSA) is 37.3 Å². The number of halogens is 1. The number of nitrogens with one attached hydrogen (secondary N) is 1. The predicted octanol–water partition coefficient (Wildman–Crippen LogP) is 3.20. The van der Waals surface area contributed by atoms with Gasteiger partial charge >= 0.3 is 0 Å². The van der Waals surface area contributed by atoms with Gasteiger partial charge < -0.3 is 9.88 Å². The van der Waals surface area contributed by atoms with E-state index >= 15 is 0 Å². The van der Waals surface area contributed by atoms with Crippen molar-refractivity contribution in [3.05, 3.63) is 35.8 Å². The van der Waals surface area contributed by atoms with Crippen molar-refractivity contribution in [2.24, 2.45) is 7.05 Å². The van der Waals surface area contributed by atoms with Gasteiger partial charge in [-0.3, -0.25) is 9.69 Å². The standard InChI is InChI=1S/C19H26FN3O/c1-14(24)21-9-8-17-5-3-4-10-23(17)13-18-12-15-11-16(20)6-7-19(15)22(18)2/h6-7,11-12,17H,3-5,8-10,13H2,1-2H3,(H,21,24)/t17-/m1/s1. The summed E-state index contributed by atoms with van der Waals surface area (Å²) in [7, 11) is 2.05. The van der Waals surface area contributed by atoms with Crippen LogP contribution in [0.25, 0.3) is 10.9 Å². The Labute approximate surface area is 142 Å². The summed E-state index contributed by atoms with van der Waals surface area (Å²) in [5.41, 5.74) is 2.28. The molecule has 1 fully saturated rings. The Kier molecular flexibility index (Phi) is 5.19. The number of fused-ring (bicyclic) bond motifs is 1. The SMILES string of the molecule is CC(=O)NCC[C@H]1CCCCN1Cc1cc2cc(F)ccc2n1C. The van der Waals surface area contributed by atoms with E-state index in [0.717, 1.165) is 37.0 Å². The van der Waals surface area contributed by atoms with Gasteiger partial charge in [-0.25, -0.2) is 4.39 Å². The summed E-state index contributed by atoms with van der Waals surface area (Å²) in [6.45, 7) is 4.25. The zero-order valence-corrected chi connectivity index (χ0v) is 14.5. The lowest BCUT2D eigenvalue weighted by Crippen LogP contribution is -2.41. The Morgan fingerprint density at radius 3 is 2.96 bits per heavy atom.